The molecule has 0 spiro atoms. The van der Waals surface area contributed by atoms with Crippen molar-refractivity contribution in [2.45, 2.75) is 5.16 Å². The summed E-state index contributed by atoms with van der Waals surface area (Å²) in [4.78, 5) is 12.3. The Morgan fingerprint density at radius 3 is 2.58 bits per heavy atom. The van der Waals surface area contributed by atoms with Crippen LogP contribution in [0.2, 0.25) is 10.0 Å². The van der Waals surface area contributed by atoms with Gasteiger partial charge in [-0.1, -0.05) is 35.0 Å². The summed E-state index contributed by atoms with van der Waals surface area (Å²) in [7, 11) is -3.36. The predicted octanol–water partition coefficient (Wildman–Crippen LogP) is 3.38. The molecule has 0 unspecified atom stereocenters. The minimum atomic E-state index is -3.36. The van der Waals surface area contributed by atoms with Gasteiger partial charge in [0, 0.05) is 17.4 Å². The van der Waals surface area contributed by atoms with Gasteiger partial charge in [0.15, 0.2) is 16.6 Å². The van der Waals surface area contributed by atoms with Crippen LogP contribution in [-0.2, 0) is 10.0 Å². The van der Waals surface area contributed by atoms with E-state index >= 15 is 0 Å². The van der Waals surface area contributed by atoms with E-state index in [1.54, 1.807) is 28.8 Å². The summed E-state index contributed by atoms with van der Waals surface area (Å²) in [6, 6.07) is 7.76. The lowest BCUT2D eigenvalue weighted by molar-refractivity contribution is 0.102. The number of pyridine rings is 1. The third kappa shape index (κ3) is 4.47. The average Bonchev–Trinajstić information content (AvgIpc) is 2.95. The lowest BCUT2D eigenvalue weighted by atomic mass is 10.1. The molecule has 0 bridgehead atoms. The lowest BCUT2D eigenvalue weighted by Crippen LogP contribution is -2.10. The summed E-state index contributed by atoms with van der Waals surface area (Å²) in [6.45, 7) is 0. The van der Waals surface area contributed by atoms with E-state index in [0.717, 1.165) is 6.26 Å². The van der Waals surface area contributed by atoms with Crippen LogP contribution in [0.3, 0.4) is 0 Å². The highest BCUT2D eigenvalue weighted by atomic mass is 35.5. The van der Waals surface area contributed by atoms with Gasteiger partial charge >= 0.3 is 0 Å². The van der Waals surface area contributed by atoms with Gasteiger partial charge in [-0.05, 0) is 30.3 Å². The van der Waals surface area contributed by atoms with Crippen molar-refractivity contribution in [2.24, 2.45) is 0 Å². The Bertz CT molecular complexity index is 1080. The Balaban J connectivity index is 1.71. The number of nitrogens with zero attached hydrogens (tertiary/aromatic N) is 3. The number of carbonyl (C=O) groups excluding carboxylic acids is 1. The molecule has 26 heavy (non-hydrogen) atoms. The molecule has 2 heterocycles. The first-order valence-corrected chi connectivity index (χ1v) is 10.8. The van der Waals surface area contributed by atoms with Gasteiger partial charge in [-0.25, -0.2) is 8.42 Å². The van der Waals surface area contributed by atoms with E-state index in [1.807, 2.05) is 0 Å². The van der Waals surface area contributed by atoms with E-state index in [2.05, 4.69) is 14.9 Å². The number of hydrogen-bond acceptors (Lipinski definition) is 6. The van der Waals surface area contributed by atoms with Crippen LogP contribution in [0.4, 0.5) is 5.69 Å². The van der Waals surface area contributed by atoms with Crippen molar-refractivity contribution in [3.63, 3.8) is 0 Å². The Hall–Kier alpha value is -1.81. The molecule has 136 valence electrons. The second-order valence-corrected chi connectivity index (χ2v) is 8.88. The molecular formula is C15H12Cl2N4O3S2. The molecule has 0 fully saturated rings. The Kier molecular flexibility index (Phi) is 5.42. The molecule has 3 rings (SSSR count). The third-order valence-electron chi connectivity index (χ3n) is 3.24. The van der Waals surface area contributed by atoms with Crippen molar-refractivity contribution in [3.8, 4) is 0 Å². The molecule has 0 saturated heterocycles. The fourth-order valence-electron chi connectivity index (χ4n) is 2.15. The zero-order valence-corrected chi connectivity index (χ0v) is 16.5. The highest BCUT2D eigenvalue weighted by molar-refractivity contribution is 7.99. The molecule has 1 N–H and O–H groups in total. The van der Waals surface area contributed by atoms with Crippen LogP contribution < -0.4 is 4.72 Å². The highest BCUT2D eigenvalue weighted by Crippen LogP contribution is 2.25. The number of nitrogens with one attached hydrogen (secondary N) is 1. The number of fused-ring (bicyclic) bond motifs is 1. The average molecular weight is 431 g/mol. The van der Waals surface area contributed by atoms with Crippen LogP contribution in [0.15, 0.2) is 41.7 Å². The molecule has 7 nitrogen and oxygen atoms in total. The van der Waals surface area contributed by atoms with Gasteiger partial charge in [-0.2, -0.15) is 0 Å². The van der Waals surface area contributed by atoms with Gasteiger partial charge in [-0.15, -0.1) is 10.2 Å². The number of thioether (sulfide) groups is 1. The second kappa shape index (κ2) is 7.43. The summed E-state index contributed by atoms with van der Waals surface area (Å²) in [5, 5.41) is 9.30. The minimum absolute atomic E-state index is 0.129. The number of rotatable bonds is 6. The number of aromatic nitrogens is 3. The van der Waals surface area contributed by atoms with E-state index in [1.165, 1.54) is 23.9 Å². The van der Waals surface area contributed by atoms with Crippen LogP contribution in [-0.4, -0.2) is 40.8 Å². The molecule has 11 heteroatoms. The monoisotopic (exact) mass is 430 g/mol. The summed E-state index contributed by atoms with van der Waals surface area (Å²) < 4.78 is 26.4. The number of benzene rings is 1. The molecule has 2 aromatic heterocycles. The summed E-state index contributed by atoms with van der Waals surface area (Å²) in [5.41, 5.74) is 1.31. The van der Waals surface area contributed by atoms with Gasteiger partial charge in [-0.3, -0.25) is 13.9 Å². The van der Waals surface area contributed by atoms with Crippen molar-refractivity contribution in [3.05, 3.63) is 52.1 Å². The first-order valence-electron chi connectivity index (χ1n) is 7.16. The standard InChI is InChI=1S/C15H12Cl2N4O3S2/c1-26(23,24)20-11-4-2-9(3-5-11)13(22)8-25-15-19-18-14-12(17)6-10(16)7-21(14)15/h2-7,20H,8H2,1H3. The van der Waals surface area contributed by atoms with Crippen molar-refractivity contribution in [1.82, 2.24) is 14.6 Å². The highest BCUT2D eigenvalue weighted by Gasteiger charge is 2.13. The molecule has 3 aromatic rings. The number of anilines is 1. The number of halogens is 2. The second-order valence-electron chi connectivity index (χ2n) is 5.35. The van der Waals surface area contributed by atoms with Crippen LogP contribution in [0.1, 0.15) is 10.4 Å². The maximum absolute atomic E-state index is 12.3. The van der Waals surface area contributed by atoms with Crippen molar-refractivity contribution >= 4 is 62.1 Å². The van der Waals surface area contributed by atoms with Gasteiger partial charge in [0.2, 0.25) is 10.0 Å². The van der Waals surface area contributed by atoms with Gasteiger partial charge in [0.1, 0.15) is 0 Å². The molecule has 0 aliphatic carbocycles. The number of Topliss-reactive ketones (excluding diaryl/α,β-unsaturated/α-hetero) is 1. The lowest BCUT2D eigenvalue weighted by Gasteiger charge is -2.05. The van der Waals surface area contributed by atoms with Gasteiger partial charge in [0.05, 0.1) is 22.1 Å². The number of carbonyl (C=O) groups is 1. The van der Waals surface area contributed by atoms with E-state index in [4.69, 9.17) is 23.2 Å². The molecule has 0 aliphatic heterocycles. The largest absolute Gasteiger partial charge is 0.293 e. The number of hydrogen-bond donors (Lipinski definition) is 1. The van der Waals surface area contributed by atoms with E-state index < -0.39 is 10.0 Å². The van der Waals surface area contributed by atoms with Crippen LogP contribution in [0, 0.1) is 0 Å². The van der Waals surface area contributed by atoms with E-state index in [-0.39, 0.29) is 11.5 Å². The van der Waals surface area contributed by atoms with Crippen molar-refractivity contribution in [1.29, 1.82) is 0 Å². The third-order valence-corrected chi connectivity index (χ3v) is 5.27. The van der Waals surface area contributed by atoms with Gasteiger partial charge < -0.3 is 0 Å². The molecule has 1 aromatic carbocycles. The zero-order valence-electron chi connectivity index (χ0n) is 13.3. The van der Waals surface area contributed by atoms with E-state index in [9.17, 15) is 13.2 Å². The predicted molar refractivity (Wildman–Crippen MR) is 103 cm³/mol. The maximum Gasteiger partial charge on any atom is 0.229 e. The Labute approximate surface area is 163 Å². The Morgan fingerprint density at radius 1 is 1.23 bits per heavy atom. The molecule has 0 atom stereocenters. The molecule has 0 radical (unpaired) electrons. The molecule has 0 saturated carbocycles. The van der Waals surface area contributed by atoms with Crippen LogP contribution in [0.5, 0.6) is 0 Å². The molecule has 0 amide bonds. The zero-order chi connectivity index (χ0) is 18.9. The normalized spacial score (nSPS) is 11.7. The first kappa shape index (κ1) is 19.0. The van der Waals surface area contributed by atoms with Gasteiger partial charge in [0.25, 0.3) is 0 Å². The fraction of sp³-hybridized carbons (Fsp3) is 0.133. The minimum Gasteiger partial charge on any atom is -0.293 e. The van der Waals surface area contributed by atoms with Crippen molar-refractivity contribution in [2.75, 3.05) is 16.7 Å². The topological polar surface area (TPSA) is 93.4 Å². The molecule has 0 aliphatic rings. The SMILES string of the molecule is CS(=O)(=O)Nc1ccc(C(=O)CSc2nnc3c(Cl)cc(Cl)cn23)cc1. The number of sulfonamides is 1. The summed E-state index contributed by atoms with van der Waals surface area (Å²) in [6.07, 6.45) is 2.69. The van der Waals surface area contributed by atoms with Crippen LogP contribution in [0.25, 0.3) is 5.65 Å². The Morgan fingerprint density at radius 2 is 1.92 bits per heavy atom. The summed E-state index contributed by atoms with van der Waals surface area (Å²) in [5.74, 6) is -0.00479. The first-order chi connectivity index (χ1) is 12.2. The number of ketones is 1. The quantitative estimate of drug-likeness (QED) is 0.475. The van der Waals surface area contributed by atoms with Crippen molar-refractivity contribution < 1.29 is 13.2 Å². The van der Waals surface area contributed by atoms with Crippen LogP contribution >= 0.6 is 35.0 Å². The maximum atomic E-state index is 12.3. The smallest absolute Gasteiger partial charge is 0.229 e. The summed E-state index contributed by atoms with van der Waals surface area (Å²) >= 11 is 13.3. The molecular weight excluding hydrogens is 419 g/mol. The fourth-order valence-corrected chi connectivity index (χ4v) is 4.03. The van der Waals surface area contributed by atoms with E-state index in [0.29, 0.717) is 32.1 Å².